The highest BCUT2D eigenvalue weighted by Gasteiger charge is 2.13. The average molecular weight is 407 g/mol. The van der Waals surface area contributed by atoms with Crippen LogP contribution in [0, 0.1) is 0 Å². The number of hydrogen-bond acceptors (Lipinski definition) is 6. The van der Waals surface area contributed by atoms with E-state index in [1.165, 1.54) is 6.07 Å². The monoisotopic (exact) mass is 407 g/mol. The summed E-state index contributed by atoms with van der Waals surface area (Å²) in [6.07, 6.45) is 0.848. The van der Waals surface area contributed by atoms with Crippen LogP contribution in [0.1, 0.15) is 34.0 Å². The Morgan fingerprint density at radius 3 is 2.50 bits per heavy atom. The molecule has 0 saturated carbocycles. The molecule has 6 nitrogen and oxygen atoms in total. The van der Waals surface area contributed by atoms with Crippen LogP contribution in [0.4, 0.5) is 0 Å². The molecule has 1 aliphatic rings. The van der Waals surface area contributed by atoms with Crippen LogP contribution < -0.4 is 5.63 Å². The topological polar surface area (TPSA) is 69.0 Å². The van der Waals surface area contributed by atoms with Gasteiger partial charge in [-0.15, -0.1) is 0 Å². The lowest BCUT2D eigenvalue weighted by atomic mass is 10.1. The average Bonchev–Trinajstić information content (AvgIpc) is 2.78. The van der Waals surface area contributed by atoms with Gasteiger partial charge in [-0.25, -0.2) is 9.59 Å². The van der Waals surface area contributed by atoms with Gasteiger partial charge in [-0.1, -0.05) is 31.2 Å². The molecule has 1 fully saturated rings. The highest BCUT2D eigenvalue weighted by atomic mass is 16.5. The van der Waals surface area contributed by atoms with Gasteiger partial charge in [0.2, 0.25) is 0 Å². The lowest BCUT2D eigenvalue weighted by Gasteiger charge is -2.26. The van der Waals surface area contributed by atoms with Crippen molar-refractivity contribution in [3.05, 3.63) is 81.2 Å². The number of aryl methyl sites for hydroxylation is 1. The zero-order valence-electron chi connectivity index (χ0n) is 17.1. The molecule has 0 aliphatic carbocycles. The second-order valence-corrected chi connectivity index (χ2v) is 7.44. The Bertz CT molecular complexity index is 1080. The second kappa shape index (κ2) is 9.24. The van der Waals surface area contributed by atoms with Crippen LogP contribution in [0.3, 0.4) is 0 Å². The molecular formula is C24H25NO5. The first kappa shape index (κ1) is 20.3. The fourth-order valence-electron chi connectivity index (χ4n) is 3.60. The number of hydrogen-bond donors (Lipinski definition) is 0. The fraction of sp³-hybridized carbons (Fsp3) is 0.333. The molecule has 4 rings (SSSR count). The van der Waals surface area contributed by atoms with Gasteiger partial charge in [0.1, 0.15) is 12.2 Å². The van der Waals surface area contributed by atoms with Crippen LogP contribution >= 0.6 is 0 Å². The van der Waals surface area contributed by atoms with E-state index in [4.69, 9.17) is 13.9 Å². The molecule has 0 atom stereocenters. The second-order valence-electron chi connectivity index (χ2n) is 7.44. The van der Waals surface area contributed by atoms with Gasteiger partial charge in [0, 0.05) is 36.7 Å². The van der Waals surface area contributed by atoms with E-state index in [1.54, 1.807) is 12.1 Å². The number of nitrogens with zero attached hydrogens (tertiary/aromatic N) is 1. The van der Waals surface area contributed by atoms with Gasteiger partial charge >= 0.3 is 11.6 Å². The number of carbonyl (C=O) groups excluding carboxylic acids is 1. The standard InChI is InChI=1S/C24H25NO5/c1-2-17-5-8-21-20(14-23(26)30-22(21)13-17)16-29-24(27)19-6-3-18(4-7-19)15-25-9-11-28-12-10-25/h3-8,13-14H,2,9-12,15-16H2,1H3. The minimum absolute atomic E-state index is 0.0158. The van der Waals surface area contributed by atoms with Crippen LogP contribution in [-0.2, 0) is 29.0 Å². The summed E-state index contributed by atoms with van der Waals surface area (Å²) < 4.78 is 16.1. The summed E-state index contributed by atoms with van der Waals surface area (Å²) in [7, 11) is 0. The maximum atomic E-state index is 12.5. The molecule has 6 heteroatoms. The maximum Gasteiger partial charge on any atom is 0.338 e. The number of rotatable bonds is 6. The van der Waals surface area contributed by atoms with E-state index in [1.807, 2.05) is 37.3 Å². The normalized spacial score (nSPS) is 14.7. The molecule has 0 N–H and O–H groups in total. The van der Waals surface area contributed by atoms with Crippen LogP contribution in [-0.4, -0.2) is 37.2 Å². The maximum absolute atomic E-state index is 12.5. The van der Waals surface area contributed by atoms with Crippen LogP contribution in [0.2, 0.25) is 0 Å². The van der Waals surface area contributed by atoms with E-state index in [2.05, 4.69) is 4.90 Å². The van der Waals surface area contributed by atoms with Crippen molar-refractivity contribution in [2.24, 2.45) is 0 Å². The van der Waals surface area contributed by atoms with E-state index >= 15 is 0 Å². The van der Waals surface area contributed by atoms with Crippen molar-refractivity contribution in [2.75, 3.05) is 26.3 Å². The van der Waals surface area contributed by atoms with Gasteiger partial charge in [-0.3, -0.25) is 4.90 Å². The zero-order chi connectivity index (χ0) is 20.9. The van der Waals surface area contributed by atoms with Crippen molar-refractivity contribution in [1.29, 1.82) is 0 Å². The molecule has 1 aliphatic heterocycles. The number of benzene rings is 2. The van der Waals surface area contributed by atoms with Gasteiger partial charge in [-0.05, 0) is 35.7 Å². The van der Waals surface area contributed by atoms with Gasteiger partial charge in [0.15, 0.2) is 0 Å². The molecule has 156 valence electrons. The van der Waals surface area contributed by atoms with Gasteiger partial charge in [0.25, 0.3) is 0 Å². The summed E-state index contributed by atoms with van der Waals surface area (Å²) in [6.45, 7) is 6.25. The minimum atomic E-state index is -0.450. The Morgan fingerprint density at radius 1 is 1.03 bits per heavy atom. The molecular weight excluding hydrogens is 382 g/mol. The van der Waals surface area contributed by atoms with Crippen molar-refractivity contribution >= 4 is 16.9 Å². The van der Waals surface area contributed by atoms with Gasteiger partial charge in [-0.2, -0.15) is 0 Å². The van der Waals surface area contributed by atoms with E-state index in [0.29, 0.717) is 16.7 Å². The third kappa shape index (κ3) is 4.78. The van der Waals surface area contributed by atoms with Crippen molar-refractivity contribution in [3.63, 3.8) is 0 Å². The van der Waals surface area contributed by atoms with Gasteiger partial charge < -0.3 is 13.9 Å². The number of carbonyl (C=O) groups is 1. The molecule has 0 bridgehead atoms. The van der Waals surface area contributed by atoms with Gasteiger partial charge in [0.05, 0.1) is 18.8 Å². The molecule has 0 spiro atoms. The van der Waals surface area contributed by atoms with Crippen LogP contribution in [0.25, 0.3) is 11.0 Å². The zero-order valence-corrected chi connectivity index (χ0v) is 17.1. The molecule has 2 aromatic carbocycles. The van der Waals surface area contributed by atoms with E-state index in [-0.39, 0.29) is 6.61 Å². The Balaban J connectivity index is 1.42. The first-order valence-corrected chi connectivity index (χ1v) is 10.2. The first-order valence-electron chi connectivity index (χ1n) is 10.2. The lowest BCUT2D eigenvalue weighted by molar-refractivity contribution is 0.0342. The third-order valence-electron chi connectivity index (χ3n) is 5.36. The van der Waals surface area contributed by atoms with Crippen molar-refractivity contribution in [2.45, 2.75) is 26.5 Å². The first-order chi connectivity index (χ1) is 14.6. The number of morpholine rings is 1. The number of ether oxygens (including phenoxy) is 2. The largest absolute Gasteiger partial charge is 0.457 e. The van der Waals surface area contributed by atoms with Crippen molar-refractivity contribution in [1.82, 2.24) is 4.90 Å². The Kier molecular flexibility index (Phi) is 6.26. The molecule has 3 aromatic rings. The van der Waals surface area contributed by atoms with E-state index < -0.39 is 11.6 Å². The van der Waals surface area contributed by atoms with E-state index in [0.717, 1.165) is 55.8 Å². The SMILES string of the molecule is CCc1ccc2c(COC(=O)c3ccc(CN4CCOCC4)cc3)cc(=O)oc2c1. The Labute approximate surface area is 175 Å². The summed E-state index contributed by atoms with van der Waals surface area (Å²) in [5.74, 6) is -0.417. The van der Waals surface area contributed by atoms with Crippen LogP contribution in [0.15, 0.2) is 57.7 Å². The Hall–Kier alpha value is -2.96. The predicted octanol–water partition coefficient (Wildman–Crippen LogP) is 3.54. The third-order valence-corrected chi connectivity index (χ3v) is 5.36. The van der Waals surface area contributed by atoms with Crippen molar-refractivity contribution in [3.8, 4) is 0 Å². The molecule has 0 radical (unpaired) electrons. The number of fused-ring (bicyclic) bond motifs is 1. The summed E-state index contributed by atoms with van der Waals surface area (Å²) in [4.78, 5) is 26.7. The summed E-state index contributed by atoms with van der Waals surface area (Å²) in [5, 5.41) is 0.778. The highest BCUT2D eigenvalue weighted by molar-refractivity contribution is 5.89. The van der Waals surface area contributed by atoms with Crippen LogP contribution in [0.5, 0.6) is 0 Å². The lowest BCUT2D eigenvalue weighted by Crippen LogP contribution is -2.35. The molecule has 0 amide bonds. The quantitative estimate of drug-likeness (QED) is 0.460. The predicted molar refractivity (Wildman–Crippen MR) is 114 cm³/mol. The highest BCUT2D eigenvalue weighted by Crippen LogP contribution is 2.20. The molecule has 1 aromatic heterocycles. The Morgan fingerprint density at radius 2 is 1.77 bits per heavy atom. The molecule has 0 unspecified atom stereocenters. The number of esters is 1. The smallest absolute Gasteiger partial charge is 0.338 e. The minimum Gasteiger partial charge on any atom is -0.457 e. The summed E-state index contributed by atoms with van der Waals surface area (Å²) in [5.41, 5.74) is 3.42. The molecule has 2 heterocycles. The fourth-order valence-corrected chi connectivity index (χ4v) is 3.60. The van der Waals surface area contributed by atoms with Crippen molar-refractivity contribution < 1.29 is 18.7 Å². The van der Waals surface area contributed by atoms with E-state index in [9.17, 15) is 9.59 Å². The summed E-state index contributed by atoms with van der Waals surface area (Å²) in [6, 6.07) is 14.6. The molecule has 1 saturated heterocycles. The summed E-state index contributed by atoms with van der Waals surface area (Å²) >= 11 is 0. The molecule has 30 heavy (non-hydrogen) atoms.